The molecule has 6 nitrogen and oxygen atoms in total. The molecule has 0 spiro atoms. The maximum atomic E-state index is 11.1. The molecular formula is C21H23N3O3S2. The number of thiazole rings is 1. The summed E-state index contributed by atoms with van der Waals surface area (Å²) in [5.74, 6) is 1.02. The van der Waals surface area contributed by atoms with Gasteiger partial charge >= 0.3 is 0 Å². The Hall–Kier alpha value is -2.29. The van der Waals surface area contributed by atoms with Crippen LogP contribution in [0.2, 0.25) is 0 Å². The average molecular weight is 430 g/mol. The molecule has 152 valence electrons. The van der Waals surface area contributed by atoms with Gasteiger partial charge in [0, 0.05) is 12.8 Å². The van der Waals surface area contributed by atoms with Crippen LogP contribution in [0.15, 0.2) is 52.9 Å². The van der Waals surface area contributed by atoms with Gasteiger partial charge in [-0.15, -0.1) is 0 Å². The number of sulfonamides is 1. The van der Waals surface area contributed by atoms with E-state index in [0.29, 0.717) is 5.19 Å². The summed E-state index contributed by atoms with van der Waals surface area (Å²) in [7, 11) is -3.28. The molecule has 1 saturated heterocycles. The van der Waals surface area contributed by atoms with Crippen LogP contribution in [0.25, 0.3) is 10.2 Å². The van der Waals surface area contributed by atoms with E-state index in [0.717, 1.165) is 54.7 Å². The van der Waals surface area contributed by atoms with Crippen molar-refractivity contribution in [3.8, 4) is 10.9 Å². The number of hydrogen-bond acceptors (Lipinski definition) is 6. The van der Waals surface area contributed by atoms with E-state index in [4.69, 9.17) is 4.74 Å². The Bertz CT molecular complexity index is 1070. The quantitative estimate of drug-likeness (QED) is 0.546. The molecule has 0 aliphatic carbocycles. The summed E-state index contributed by atoms with van der Waals surface area (Å²) in [5, 5.41) is 0.650. The minimum Gasteiger partial charge on any atom is -0.431 e. The van der Waals surface area contributed by atoms with E-state index >= 15 is 0 Å². The molecule has 29 heavy (non-hydrogen) atoms. The predicted octanol–water partition coefficient (Wildman–Crippen LogP) is 4.33. The van der Waals surface area contributed by atoms with Gasteiger partial charge in [-0.1, -0.05) is 35.6 Å². The highest BCUT2D eigenvalue weighted by Crippen LogP contribution is 2.31. The zero-order valence-corrected chi connectivity index (χ0v) is 17.8. The lowest BCUT2D eigenvalue weighted by Crippen LogP contribution is -2.33. The van der Waals surface area contributed by atoms with Crippen LogP contribution in [0.4, 0.5) is 0 Å². The van der Waals surface area contributed by atoms with Gasteiger partial charge in [-0.2, -0.15) is 4.40 Å². The second kappa shape index (κ2) is 8.61. The van der Waals surface area contributed by atoms with Gasteiger partial charge in [-0.25, -0.2) is 13.4 Å². The summed E-state index contributed by atoms with van der Waals surface area (Å²) in [6, 6.07) is 16.1. The number of fused-ring (bicyclic) bond motifs is 1. The highest BCUT2D eigenvalue weighted by molar-refractivity contribution is 7.89. The first-order valence-corrected chi connectivity index (χ1v) is 12.2. The second-order valence-corrected chi connectivity index (χ2v) is 9.96. The fourth-order valence-electron chi connectivity index (χ4n) is 3.37. The zero-order valence-electron chi connectivity index (χ0n) is 16.2. The van der Waals surface area contributed by atoms with E-state index in [1.165, 1.54) is 5.56 Å². The van der Waals surface area contributed by atoms with Gasteiger partial charge in [0.15, 0.2) is 0 Å². The van der Waals surface area contributed by atoms with Crippen LogP contribution >= 0.6 is 11.3 Å². The molecule has 0 bridgehead atoms. The fraction of sp³-hybridized carbons (Fsp3) is 0.333. The number of rotatable bonds is 6. The topological polar surface area (TPSA) is 71.9 Å². The van der Waals surface area contributed by atoms with Gasteiger partial charge in [0.2, 0.25) is 10.0 Å². The molecule has 0 saturated carbocycles. The number of nitrogens with zero attached hydrogens (tertiary/aromatic N) is 3. The van der Waals surface area contributed by atoms with Gasteiger partial charge in [0.25, 0.3) is 5.19 Å². The molecule has 1 aliphatic rings. The van der Waals surface area contributed by atoms with E-state index in [1.54, 1.807) is 17.6 Å². The van der Waals surface area contributed by atoms with Crippen molar-refractivity contribution in [2.24, 2.45) is 10.3 Å². The third-order valence-corrected chi connectivity index (χ3v) is 6.32. The van der Waals surface area contributed by atoms with E-state index in [9.17, 15) is 8.42 Å². The Labute approximate surface area is 174 Å². The summed E-state index contributed by atoms with van der Waals surface area (Å²) < 4.78 is 33.0. The fourth-order valence-corrected chi connectivity index (χ4v) is 4.60. The van der Waals surface area contributed by atoms with Crippen LogP contribution < -0.4 is 4.74 Å². The van der Waals surface area contributed by atoms with E-state index < -0.39 is 10.0 Å². The smallest absolute Gasteiger partial charge is 0.279 e. The molecule has 0 unspecified atom stereocenters. The van der Waals surface area contributed by atoms with Crippen LogP contribution in [0.5, 0.6) is 10.9 Å². The van der Waals surface area contributed by atoms with E-state index in [1.807, 2.05) is 36.4 Å². The van der Waals surface area contributed by atoms with Crippen molar-refractivity contribution in [1.29, 1.82) is 0 Å². The van der Waals surface area contributed by atoms with Crippen molar-refractivity contribution < 1.29 is 13.2 Å². The zero-order chi connectivity index (χ0) is 20.3. The Morgan fingerprint density at radius 3 is 2.59 bits per heavy atom. The monoisotopic (exact) mass is 429 g/mol. The normalized spacial score (nSPS) is 16.6. The van der Waals surface area contributed by atoms with Crippen molar-refractivity contribution in [1.82, 2.24) is 9.88 Å². The molecule has 3 aromatic rings. The molecule has 0 radical (unpaired) electrons. The van der Waals surface area contributed by atoms with Crippen molar-refractivity contribution in [3.05, 3.63) is 54.1 Å². The lowest BCUT2D eigenvalue weighted by molar-refractivity contribution is 0.203. The summed E-state index contributed by atoms with van der Waals surface area (Å²) in [4.78, 5) is 6.88. The molecule has 0 atom stereocenters. The number of para-hydroxylation sites is 1. The number of hydrogen-bond donors (Lipinski definition) is 0. The minimum absolute atomic E-state index is 0.241. The van der Waals surface area contributed by atoms with Gasteiger partial charge < -0.3 is 4.74 Å². The summed E-state index contributed by atoms with van der Waals surface area (Å²) in [5.41, 5.74) is 2.18. The second-order valence-electron chi connectivity index (χ2n) is 7.29. The molecule has 1 aromatic heterocycles. The number of piperidine rings is 1. The van der Waals surface area contributed by atoms with Crippen molar-refractivity contribution >= 4 is 37.8 Å². The standard InChI is InChI=1S/C21H23N3O3S2/c1-29(25,26)22-14-16-10-12-24(13-11-16)15-17-6-8-18(9-7-17)27-21-23-19-4-2-3-5-20(19)28-21/h2-9,14,16H,10-13,15H2,1H3. The molecule has 8 heteroatoms. The van der Waals surface area contributed by atoms with Gasteiger partial charge in [-0.3, -0.25) is 4.90 Å². The van der Waals surface area contributed by atoms with E-state index in [2.05, 4.69) is 26.4 Å². The third kappa shape index (κ3) is 5.62. The molecule has 0 amide bonds. The minimum atomic E-state index is -3.28. The lowest BCUT2D eigenvalue weighted by Gasteiger charge is -2.30. The molecule has 1 aliphatic heterocycles. The number of aromatic nitrogens is 1. The molecule has 2 aromatic carbocycles. The average Bonchev–Trinajstić information content (AvgIpc) is 3.11. The Kier molecular flexibility index (Phi) is 5.94. The predicted molar refractivity (Wildman–Crippen MR) is 117 cm³/mol. The summed E-state index contributed by atoms with van der Waals surface area (Å²) >= 11 is 1.54. The highest BCUT2D eigenvalue weighted by atomic mass is 32.2. The Morgan fingerprint density at radius 1 is 1.17 bits per heavy atom. The summed E-state index contributed by atoms with van der Waals surface area (Å²) in [6.07, 6.45) is 4.58. The van der Waals surface area contributed by atoms with Crippen LogP contribution in [0, 0.1) is 5.92 Å². The first-order valence-electron chi connectivity index (χ1n) is 9.55. The van der Waals surface area contributed by atoms with Crippen LogP contribution in [-0.4, -0.2) is 43.9 Å². The van der Waals surface area contributed by atoms with Crippen molar-refractivity contribution in [3.63, 3.8) is 0 Å². The lowest BCUT2D eigenvalue weighted by atomic mass is 9.98. The van der Waals surface area contributed by atoms with Gasteiger partial charge in [0.1, 0.15) is 5.75 Å². The van der Waals surface area contributed by atoms with Crippen LogP contribution in [-0.2, 0) is 16.6 Å². The Morgan fingerprint density at radius 2 is 1.90 bits per heavy atom. The molecule has 2 heterocycles. The Balaban J connectivity index is 1.30. The molecular weight excluding hydrogens is 406 g/mol. The SMILES string of the molecule is CS(=O)(=O)N=CC1CCN(Cc2ccc(Oc3nc4ccccc4s3)cc2)CC1. The van der Waals surface area contributed by atoms with Crippen LogP contribution in [0.3, 0.4) is 0 Å². The first-order chi connectivity index (χ1) is 13.9. The van der Waals surface area contributed by atoms with Crippen LogP contribution in [0.1, 0.15) is 18.4 Å². The third-order valence-electron chi connectivity index (χ3n) is 4.90. The van der Waals surface area contributed by atoms with Gasteiger partial charge in [-0.05, 0) is 61.7 Å². The van der Waals surface area contributed by atoms with Crippen molar-refractivity contribution in [2.45, 2.75) is 19.4 Å². The van der Waals surface area contributed by atoms with Gasteiger partial charge in [0.05, 0.1) is 16.5 Å². The number of benzene rings is 2. The molecule has 4 rings (SSSR count). The maximum absolute atomic E-state index is 11.1. The van der Waals surface area contributed by atoms with E-state index in [-0.39, 0.29) is 5.92 Å². The molecule has 1 fully saturated rings. The first kappa shape index (κ1) is 20.0. The summed E-state index contributed by atoms with van der Waals surface area (Å²) in [6.45, 7) is 2.74. The highest BCUT2D eigenvalue weighted by Gasteiger charge is 2.18. The van der Waals surface area contributed by atoms with Crippen molar-refractivity contribution in [2.75, 3.05) is 19.3 Å². The molecule has 0 N–H and O–H groups in total. The number of ether oxygens (including phenoxy) is 1. The number of likely N-dealkylation sites (tertiary alicyclic amines) is 1. The maximum Gasteiger partial charge on any atom is 0.279 e. The largest absolute Gasteiger partial charge is 0.431 e.